The first-order valence-corrected chi connectivity index (χ1v) is 11.2. The van der Waals surface area contributed by atoms with E-state index < -0.39 is 6.10 Å². The molecule has 1 saturated carbocycles. The maximum absolute atomic E-state index is 10.2. The minimum atomic E-state index is -0.469. The van der Waals surface area contributed by atoms with Crippen molar-refractivity contribution in [3.8, 4) is 11.5 Å². The zero-order valence-corrected chi connectivity index (χ0v) is 17.5. The highest BCUT2D eigenvalue weighted by atomic mass is 16.5. The van der Waals surface area contributed by atoms with Crippen LogP contribution in [-0.2, 0) is 6.54 Å². The minimum absolute atomic E-state index is 0.297. The molecule has 2 aliphatic rings. The second-order valence-corrected chi connectivity index (χ2v) is 8.43. The number of hydrogen-bond acceptors (Lipinski definition) is 5. The third-order valence-corrected chi connectivity index (χ3v) is 6.10. The van der Waals surface area contributed by atoms with Gasteiger partial charge >= 0.3 is 0 Å². The molecule has 0 bridgehead atoms. The van der Waals surface area contributed by atoms with Crippen LogP contribution < -0.4 is 14.8 Å². The number of hydrogen-bond donors (Lipinski definition) is 2. The van der Waals surface area contributed by atoms with Gasteiger partial charge < -0.3 is 24.8 Å². The number of nitrogens with one attached hydrogen (secondary N) is 1. The maximum atomic E-state index is 10.2. The summed E-state index contributed by atoms with van der Waals surface area (Å²) in [5.41, 5.74) is 1.20. The number of β-amino-alcohol motifs (C(OH)–C–C–N with tert-alkyl or cyclic N) is 1. The van der Waals surface area contributed by atoms with Crippen molar-refractivity contribution in [2.24, 2.45) is 5.92 Å². The van der Waals surface area contributed by atoms with Gasteiger partial charge in [-0.15, -0.1) is 0 Å². The molecule has 1 heterocycles. The van der Waals surface area contributed by atoms with Gasteiger partial charge in [-0.1, -0.05) is 31.7 Å². The van der Waals surface area contributed by atoms with Crippen molar-refractivity contribution >= 4 is 0 Å². The summed E-state index contributed by atoms with van der Waals surface area (Å²) in [5.74, 6) is 2.41. The Morgan fingerprint density at radius 1 is 1.14 bits per heavy atom. The van der Waals surface area contributed by atoms with E-state index >= 15 is 0 Å². The summed E-state index contributed by atoms with van der Waals surface area (Å²) in [5, 5.41) is 13.8. The summed E-state index contributed by atoms with van der Waals surface area (Å²) in [6.07, 6.45) is 10.4. The predicted molar refractivity (Wildman–Crippen MR) is 113 cm³/mol. The van der Waals surface area contributed by atoms with Crippen LogP contribution in [0.3, 0.4) is 0 Å². The molecule has 1 aromatic carbocycles. The van der Waals surface area contributed by atoms with Crippen LogP contribution in [0.4, 0.5) is 0 Å². The Balaban J connectivity index is 1.37. The minimum Gasteiger partial charge on any atom is -0.493 e. The number of rotatable bonds is 12. The van der Waals surface area contributed by atoms with Gasteiger partial charge in [-0.05, 0) is 68.9 Å². The summed E-state index contributed by atoms with van der Waals surface area (Å²) in [4.78, 5) is 2.30. The normalized spacial score (nSPS) is 19.2. The first kappa shape index (κ1) is 21.4. The average molecular weight is 391 g/mol. The molecule has 0 aromatic heterocycles. The molecular formula is C23H38N2O3. The van der Waals surface area contributed by atoms with E-state index in [9.17, 15) is 5.11 Å². The molecule has 1 atom stereocenters. The summed E-state index contributed by atoms with van der Waals surface area (Å²) in [6, 6.07) is 6.07. The van der Waals surface area contributed by atoms with E-state index in [0.717, 1.165) is 37.8 Å². The molecule has 1 aliphatic carbocycles. The van der Waals surface area contributed by atoms with Crippen LogP contribution in [0.1, 0.15) is 56.9 Å². The van der Waals surface area contributed by atoms with Gasteiger partial charge in [0.2, 0.25) is 0 Å². The van der Waals surface area contributed by atoms with E-state index in [4.69, 9.17) is 9.47 Å². The quantitative estimate of drug-likeness (QED) is 0.534. The first-order chi connectivity index (χ1) is 13.7. The van der Waals surface area contributed by atoms with Crippen molar-refractivity contribution < 1.29 is 14.6 Å². The van der Waals surface area contributed by atoms with Crippen molar-refractivity contribution in [3.63, 3.8) is 0 Å². The Morgan fingerprint density at radius 2 is 1.93 bits per heavy atom. The lowest BCUT2D eigenvalue weighted by Crippen LogP contribution is -2.33. The maximum Gasteiger partial charge on any atom is 0.161 e. The van der Waals surface area contributed by atoms with Gasteiger partial charge in [-0.3, -0.25) is 0 Å². The number of likely N-dealkylation sites (tertiary alicyclic amines) is 1. The van der Waals surface area contributed by atoms with E-state index in [0.29, 0.717) is 18.9 Å². The van der Waals surface area contributed by atoms with Crippen LogP contribution in [0.15, 0.2) is 18.2 Å². The molecule has 158 valence electrons. The molecule has 0 amide bonds. The van der Waals surface area contributed by atoms with Crippen LogP contribution in [0.2, 0.25) is 0 Å². The monoisotopic (exact) mass is 390 g/mol. The van der Waals surface area contributed by atoms with E-state index in [1.807, 2.05) is 12.1 Å². The molecule has 0 radical (unpaired) electrons. The highest BCUT2D eigenvalue weighted by Crippen LogP contribution is 2.29. The molecule has 28 heavy (non-hydrogen) atoms. The van der Waals surface area contributed by atoms with Gasteiger partial charge in [0.15, 0.2) is 11.5 Å². The highest BCUT2D eigenvalue weighted by Gasteiger charge is 2.17. The molecule has 5 heteroatoms. The van der Waals surface area contributed by atoms with E-state index in [1.54, 1.807) is 7.11 Å². The predicted octanol–water partition coefficient (Wildman–Crippen LogP) is 3.59. The first-order valence-electron chi connectivity index (χ1n) is 11.2. The zero-order valence-electron chi connectivity index (χ0n) is 17.5. The van der Waals surface area contributed by atoms with Crippen LogP contribution in [0.25, 0.3) is 0 Å². The summed E-state index contributed by atoms with van der Waals surface area (Å²) in [7, 11) is 1.67. The number of aliphatic hydroxyl groups excluding tert-OH is 1. The lowest BCUT2D eigenvalue weighted by molar-refractivity contribution is 0.0747. The molecule has 3 rings (SSSR count). The van der Waals surface area contributed by atoms with Gasteiger partial charge in [0, 0.05) is 13.1 Å². The molecule has 2 N–H and O–H groups in total. The van der Waals surface area contributed by atoms with Crippen molar-refractivity contribution in [1.29, 1.82) is 0 Å². The van der Waals surface area contributed by atoms with Gasteiger partial charge in [0.05, 0.1) is 7.11 Å². The Kier molecular flexibility index (Phi) is 8.90. The Bertz CT molecular complexity index is 569. The lowest BCUT2D eigenvalue weighted by Gasteiger charge is -2.20. The van der Waals surface area contributed by atoms with Crippen LogP contribution >= 0.6 is 0 Å². The zero-order chi connectivity index (χ0) is 19.6. The lowest BCUT2D eigenvalue weighted by atomic mass is 10.0. The van der Waals surface area contributed by atoms with Gasteiger partial charge in [0.1, 0.15) is 12.7 Å². The molecule has 5 nitrogen and oxygen atoms in total. The Hall–Kier alpha value is -1.30. The van der Waals surface area contributed by atoms with Crippen LogP contribution in [0, 0.1) is 5.92 Å². The fourth-order valence-electron chi connectivity index (χ4n) is 4.49. The van der Waals surface area contributed by atoms with E-state index in [1.165, 1.54) is 56.9 Å². The van der Waals surface area contributed by atoms with Crippen molar-refractivity contribution in [2.75, 3.05) is 39.9 Å². The van der Waals surface area contributed by atoms with Crippen molar-refractivity contribution in [3.05, 3.63) is 23.8 Å². The van der Waals surface area contributed by atoms with Crippen LogP contribution in [0.5, 0.6) is 11.5 Å². The number of benzene rings is 1. The summed E-state index contributed by atoms with van der Waals surface area (Å²) < 4.78 is 11.3. The molecule has 1 aromatic rings. The summed E-state index contributed by atoms with van der Waals surface area (Å²) in [6.45, 7) is 5.07. The Labute approximate surface area is 170 Å². The number of ether oxygens (including phenoxy) is 2. The standard InChI is InChI=1S/C23H38N2O3/c1-27-23-15-20(16-24-12-6-9-19-7-2-3-8-19)10-11-22(23)28-18-21(26)17-25-13-4-5-14-25/h10-11,15,19,21,24,26H,2-9,12-14,16-18H2,1H3/t21-/m1/s1. The smallest absolute Gasteiger partial charge is 0.161 e. The highest BCUT2D eigenvalue weighted by molar-refractivity contribution is 5.43. The molecule has 0 unspecified atom stereocenters. The average Bonchev–Trinajstić information content (AvgIpc) is 3.40. The second-order valence-electron chi connectivity index (χ2n) is 8.43. The fraction of sp³-hybridized carbons (Fsp3) is 0.739. The molecule has 0 spiro atoms. The topological polar surface area (TPSA) is 54.0 Å². The molecule has 1 aliphatic heterocycles. The Morgan fingerprint density at radius 3 is 2.68 bits per heavy atom. The fourth-order valence-corrected chi connectivity index (χ4v) is 4.49. The van der Waals surface area contributed by atoms with E-state index in [-0.39, 0.29) is 0 Å². The number of methoxy groups -OCH3 is 1. The number of aliphatic hydroxyl groups is 1. The largest absolute Gasteiger partial charge is 0.493 e. The third kappa shape index (κ3) is 6.94. The van der Waals surface area contributed by atoms with Gasteiger partial charge in [-0.2, -0.15) is 0 Å². The number of nitrogens with zero attached hydrogens (tertiary/aromatic N) is 1. The van der Waals surface area contributed by atoms with Gasteiger partial charge in [-0.25, -0.2) is 0 Å². The summed E-state index contributed by atoms with van der Waals surface area (Å²) >= 11 is 0. The van der Waals surface area contributed by atoms with Crippen molar-refractivity contribution in [2.45, 2.75) is 64.0 Å². The van der Waals surface area contributed by atoms with Crippen LogP contribution in [-0.4, -0.2) is 56.0 Å². The molecular weight excluding hydrogens is 352 g/mol. The molecule has 1 saturated heterocycles. The van der Waals surface area contributed by atoms with Crippen molar-refractivity contribution in [1.82, 2.24) is 10.2 Å². The van der Waals surface area contributed by atoms with E-state index in [2.05, 4.69) is 16.3 Å². The second kappa shape index (κ2) is 11.6. The SMILES string of the molecule is COc1cc(CNCCCC2CCCC2)ccc1OC[C@H](O)CN1CCCC1. The van der Waals surface area contributed by atoms with Gasteiger partial charge in [0.25, 0.3) is 0 Å². The third-order valence-electron chi connectivity index (χ3n) is 6.10. The molecule has 2 fully saturated rings.